The number of anilines is 1. The van der Waals surface area contributed by atoms with E-state index in [1.807, 2.05) is 0 Å². The van der Waals surface area contributed by atoms with E-state index in [-0.39, 0.29) is 5.91 Å². The van der Waals surface area contributed by atoms with Gasteiger partial charge in [0.05, 0.1) is 25.4 Å². The highest BCUT2D eigenvalue weighted by Crippen LogP contribution is 2.24. The quantitative estimate of drug-likeness (QED) is 0.829. The number of benzene rings is 1. The molecule has 0 bridgehead atoms. The Bertz CT molecular complexity index is 583. The molecule has 2 amide bonds. The number of hydrogen-bond acceptors (Lipinski definition) is 4. The number of nitrogens with zero attached hydrogens (tertiary/aromatic N) is 2. The van der Waals surface area contributed by atoms with Gasteiger partial charge < -0.3 is 24.2 Å². The van der Waals surface area contributed by atoms with E-state index in [2.05, 4.69) is 12.2 Å². The van der Waals surface area contributed by atoms with Crippen molar-refractivity contribution in [3.63, 3.8) is 0 Å². The Balaban J connectivity index is 2.04. The van der Waals surface area contributed by atoms with Crippen LogP contribution in [-0.2, 0) is 9.53 Å². The molecule has 0 aliphatic carbocycles. The molecule has 2 rings (SSSR count). The summed E-state index contributed by atoms with van der Waals surface area (Å²) in [6, 6.07) is 6.94. The van der Waals surface area contributed by atoms with Gasteiger partial charge in [-0.15, -0.1) is 0 Å². The van der Waals surface area contributed by atoms with Crippen molar-refractivity contribution in [3.05, 3.63) is 24.3 Å². The molecule has 1 N–H and O–H groups in total. The Kier molecular flexibility index (Phi) is 6.16. The third kappa shape index (κ3) is 4.69. The summed E-state index contributed by atoms with van der Waals surface area (Å²) in [7, 11) is 3.22. The smallest absolute Gasteiger partial charge is 0.408 e. The summed E-state index contributed by atoms with van der Waals surface area (Å²) in [5, 5.41) is 2.87. The number of ether oxygens (including phenoxy) is 2. The average molecular weight is 336 g/mol. The van der Waals surface area contributed by atoms with Gasteiger partial charge in [0, 0.05) is 14.1 Å². The maximum absolute atomic E-state index is 12.5. The number of rotatable bonds is 5. The van der Waals surface area contributed by atoms with Crippen LogP contribution >= 0.6 is 0 Å². The zero-order chi connectivity index (χ0) is 17.6. The number of carbonyl (C=O) groups excluding carboxylic acids is 2. The van der Waals surface area contributed by atoms with Crippen molar-refractivity contribution in [1.29, 1.82) is 0 Å². The van der Waals surface area contributed by atoms with E-state index >= 15 is 0 Å². The van der Waals surface area contributed by atoms with Crippen LogP contribution in [0.3, 0.4) is 0 Å². The fourth-order valence-corrected chi connectivity index (χ4v) is 2.66. The number of para-hydroxylation sites is 2. The molecule has 0 saturated carbocycles. The fraction of sp³-hybridized carbons (Fsp3) is 0.529. The maximum Gasteiger partial charge on any atom is 0.414 e. The van der Waals surface area contributed by atoms with Crippen LogP contribution in [0.25, 0.3) is 0 Å². The SMILES string of the molecule is CC[N+]1(CC(=O)Nc2ccccc2OC(=O)N(C)C)CCOCC1. The first kappa shape index (κ1) is 18.2. The van der Waals surface area contributed by atoms with Crippen molar-refractivity contribution < 1.29 is 23.5 Å². The molecule has 1 fully saturated rings. The van der Waals surface area contributed by atoms with Gasteiger partial charge in [-0.05, 0) is 19.1 Å². The number of likely N-dealkylation sites (N-methyl/N-ethyl adjacent to an activating group) is 1. The van der Waals surface area contributed by atoms with Crippen LogP contribution in [0.4, 0.5) is 10.5 Å². The van der Waals surface area contributed by atoms with Crippen molar-refractivity contribution >= 4 is 17.7 Å². The van der Waals surface area contributed by atoms with Crippen molar-refractivity contribution in [3.8, 4) is 5.75 Å². The van der Waals surface area contributed by atoms with Gasteiger partial charge in [-0.1, -0.05) is 12.1 Å². The largest absolute Gasteiger partial charge is 0.414 e. The van der Waals surface area contributed by atoms with Crippen LogP contribution in [0, 0.1) is 0 Å². The number of nitrogens with one attached hydrogen (secondary N) is 1. The predicted octanol–water partition coefficient (Wildman–Crippen LogP) is 1.55. The number of amides is 2. The summed E-state index contributed by atoms with van der Waals surface area (Å²) in [6.45, 7) is 6.38. The van der Waals surface area contributed by atoms with Gasteiger partial charge in [-0.2, -0.15) is 0 Å². The average Bonchev–Trinajstić information content (AvgIpc) is 2.57. The summed E-state index contributed by atoms with van der Waals surface area (Å²) in [4.78, 5) is 25.6. The van der Waals surface area contributed by atoms with E-state index in [1.54, 1.807) is 38.4 Å². The summed E-state index contributed by atoms with van der Waals surface area (Å²) in [5.74, 6) is 0.252. The Morgan fingerprint density at radius 3 is 2.54 bits per heavy atom. The number of hydrogen-bond donors (Lipinski definition) is 1. The monoisotopic (exact) mass is 336 g/mol. The molecule has 7 heteroatoms. The maximum atomic E-state index is 12.5. The van der Waals surface area contributed by atoms with Gasteiger partial charge in [-0.3, -0.25) is 4.79 Å². The van der Waals surface area contributed by atoms with Gasteiger partial charge in [0.15, 0.2) is 12.3 Å². The Morgan fingerprint density at radius 1 is 1.25 bits per heavy atom. The summed E-state index contributed by atoms with van der Waals surface area (Å²) >= 11 is 0. The van der Waals surface area contributed by atoms with Crippen molar-refractivity contribution in [1.82, 2.24) is 4.90 Å². The van der Waals surface area contributed by atoms with Gasteiger partial charge in [0.2, 0.25) is 0 Å². The van der Waals surface area contributed by atoms with E-state index in [0.717, 1.165) is 19.6 Å². The van der Waals surface area contributed by atoms with E-state index in [0.29, 0.717) is 35.7 Å². The van der Waals surface area contributed by atoms with Gasteiger partial charge in [0.1, 0.15) is 13.1 Å². The lowest BCUT2D eigenvalue weighted by Gasteiger charge is -2.39. The van der Waals surface area contributed by atoms with Crippen molar-refractivity contribution in [2.45, 2.75) is 6.92 Å². The van der Waals surface area contributed by atoms with Crippen LogP contribution < -0.4 is 10.1 Å². The molecule has 1 aliphatic rings. The van der Waals surface area contributed by atoms with E-state index < -0.39 is 6.09 Å². The first-order valence-corrected chi connectivity index (χ1v) is 8.16. The lowest BCUT2D eigenvalue weighted by Crippen LogP contribution is -2.58. The molecule has 1 aromatic rings. The van der Waals surface area contributed by atoms with Crippen LogP contribution in [0.15, 0.2) is 24.3 Å². The topological polar surface area (TPSA) is 67.9 Å². The number of morpholine rings is 1. The van der Waals surface area contributed by atoms with E-state index in [4.69, 9.17) is 9.47 Å². The molecule has 0 radical (unpaired) electrons. The second-order valence-electron chi connectivity index (χ2n) is 6.18. The second-order valence-corrected chi connectivity index (χ2v) is 6.18. The number of carbonyl (C=O) groups is 2. The van der Waals surface area contributed by atoms with Gasteiger partial charge in [0.25, 0.3) is 5.91 Å². The van der Waals surface area contributed by atoms with Crippen LogP contribution in [-0.4, -0.2) is 74.9 Å². The lowest BCUT2D eigenvalue weighted by molar-refractivity contribution is -0.926. The van der Waals surface area contributed by atoms with Gasteiger partial charge >= 0.3 is 6.09 Å². The number of quaternary nitrogens is 1. The molecule has 1 saturated heterocycles. The first-order chi connectivity index (χ1) is 11.5. The standard InChI is InChI=1S/C17H25N3O4/c1-4-20(9-11-23-12-10-20)13-16(21)18-14-7-5-6-8-15(14)24-17(22)19(2)3/h5-8H,4,9-13H2,1-3H3/p+1. The third-order valence-electron chi connectivity index (χ3n) is 4.29. The zero-order valence-corrected chi connectivity index (χ0v) is 14.6. The minimum Gasteiger partial charge on any atom is -0.408 e. The summed E-state index contributed by atoms with van der Waals surface area (Å²) in [6.07, 6.45) is -0.484. The molecule has 132 valence electrons. The molecular formula is C17H26N3O4+. The second kappa shape index (κ2) is 8.12. The van der Waals surface area contributed by atoms with Crippen molar-refractivity contribution in [2.75, 3.05) is 58.8 Å². The highest BCUT2D eigenvalue weighted by molar-refractivity contribution is 5.93. The van der Waals surface area contributed by atoms with E-state index in [9.17, 15) is 9.59 Å². The van der Waals surface area contributed by atoms with Gasteiger partial charge in [-0.25, -0.2) is 4.79 Å². The molecule has 0 unspecified atom stereocenters. The molecule has 0 spiro atoms. The Hall–Kier alpha value is -2.12. The van der Waals surface area contributed by atoms with Crippen LogP contribution in [0.5, 0.6) is 5.75 Å². The zero-order valence-electron chi connectivity index (χ0n) is 14.6. The van der Waals surface area contributed by atoms with Crippen molar-refractivity contribution in [2.24, 2.45) is 0 Å². The van der Waals surface area contributed by atoms with E-state index in [1.165, 1.54) is 4.90 Å². The molecule has 0 aromatic heterocycles. The summed E-state index contributed by atoms with van der Waals surface area (Å²) in [5.41, 5.74) is 0.500. The molecule has 7 nitrogen and oxygen atoms in total. The van der Waals surface area contributed by atoms with Crippen LogP contribution in [0.2, 0.25) is 0 Å². The molecule has 1 aromatic carbocycles. The molecule has 1 aliphatic heterocycles. The Labute approximate surface area is 142 Å². The highest BCUT2D eigenvalue weighted by Gasteiger charge is 2.31. The summed E-state index contributed by atoms with van der Waals surface area (Å²) < 4.78 is 11.4. The first-order valence-electron chi connectivity index (χ1n) is 8.16. The minimum absolute atomic E-state index is 0.0906. The highest BCUT2D eigenvalue weighted by atomic mass is 16.6. The normalized spacial score (nSPS) is 16.3. The fourth-order valence-electron chi connectivity index (χ4n) is 2.66. The Morgan fingerprint density at radius 2 is 1.92 bits per heavy atom. The van der Waals surface area contributed by atoms with Crippen LogP contribution in [0.1, 0.15) is 6.92 Å². The predicted molar refractivity (Wildman–Crippen MR) is 91.0 cm³/mol. The third-order valence-corrected chi connectivity index (χ3v) is 4.29. The lowest BCUT2D eigenvalue weighted by atomic mass is 10.2. The molecule has 1 heterocycles. The molecule has 0 atom stereocenters. The molecule has 24 heavy (non-hydrogen) atoms. The molecular weight excluding hydrogens is 310 g/mol. The minimum atomic E-state index is -0.484.